The van der Waals surface area contributed by atoms with E-state index in [1.165, 1.54) is 6.92 Å². The van der Waals surface area contributed by atoms with E-state index in [1.54, 1.807) is 0 Å². The first-order valence-electron chi connectivity index (χ1n) is 2.60. The number of hydrogen-bond acceptors (Lipinski definition) is 2. The first-order valence-corrected chi connectivity index (χ1v) is 2.60. The summed E-state index contributed by atoms with van der Waals surface area (Å²) in [6, 6.07) is -0.881. The van der Waals surface area contributed by atoms with E-state index in [-0.39, 0.29) is 0 Å². The van der Waals surface area contributed by atoms with Gasteiger partial charge in [0.05, 0.1) is 5.92 Å². The third kappa shape index (κ3) is 3.59. The molecule has 0 radical (unpaired) electrons. The van der Waals surface area contributed by atoms with Crippen molar-refractivity contribution < 1.29 is 14.7 Å². The second-order valence-corrected chi connectivity index (χ2v) is 1.74. The Kier molecular flexibility index (Phi) is 3.10. The molecule has 0 saturated carbocycles. The van der Waals surface area contributed by atoms with Crippen molar-refractivity contribution in [2.45, 2.75) is 6.92 Å². The van der Waals surface area contributed by atoms with Crippen LogP contribution in [0.4, 0.5) is 4.79 Å². The lowest BCUT2D eigenvalue weighted by Gasteiger charge is -1.93. The molecular weight excluding hydrogens is 136 g/mol. The summed E-state index contributed by atoms with van der Waals surface area (Å²) in [6.07, 6.45) is 0.991. The Bertz CT molecular complexity index is 176. The third-order valence-corrected chi connectivity index (χ3v) is 0.815. The Balaban J connectivity index is 3.89. The van der Waals surface area contributed by atoms with Crippen LogP contribution in [0, 0.1) is 5.92 Å². The molecule has 0 fully saturated rings. The van der Waals surface area contributed by atoms with Crippen LogP contribution >= 0.6 is 0 Å². The zero-order chi connectivity index (χ0) is 8.15. The molecule has 1 unspecified atom stereocenters. The second-order valence-electron chi connectivity index (χ2n) is 1.74. The Morgan fingerprint density at radius 2 is 2.20 bits per heavy atom. The van der Waals surface area contributed by atoms with Crippen LogP contribution in [0.25, 0.3) is 0 Å². The lowest BCUT2D eigenvalue weighted by molar-refractivity contribution is -0.138. The van der Waals surface area contributed by atoms with Crippen molar-refractivity contribution in [1.82, 2.24) is 0 Å². The normalized spacial score (nSPS) is 13.3. The Labute approximate surface area is 57.6 Å². The lowest BCUT2D eigenvalue weighted by Crippen LogP contribution is -2.13. The summed E-state index contributed by atoms with van der Waals surface area (Å²) in [5.41, 5.74) is 4.61. The van der Waals surface area contributed by atoms with E-state index >= 15 is 0 Å². The minimum Gasteiger partial charge on any atom is -0.481 e. The highest BCUT2D eigenvalue weighted by Crippen LogP contribution is 1.88. The van der Waals surface area contributed by atoms with Crippen LogP contribution in [0.5, 0.6) is 0 Å². The maximum Gasteiger partial charge on any atom is 0.337 e. The maximum atomic E-state index is 10.1. The molecule has 0 aromatic heterocycles. The van der Waals surface area contributed by atoms with Gasteiger partial charge in [-0.25, -0.2) is 9.79 Å². The standard InChI is InChI=1S/C5H8N2O3/c1-3(4(8)9)2-7-5(6)10/h2-3H,1H3,(H2,6,10)(H,8,9). The van der Waals surface area contributed by atoms with Crippen LogP contribution in [-0.2, 0) is 4.79 Å². The Morgan fingerprint density at radius 1 is 1.70 bits per heavy atom. The number of hydrogen-bond donors (Lipinski definition) is 2. The number of aliphatic carboxylic acids is 1. The van der Waals surface area contributed by atoms with Gasteiger partial charge in [0.2, 0.25) is 0 Å². The SMILES string of the molecule is CC(C=NC(N)=O)C(=O)O. The summed E-state index contributed by atoms with van der Waals surface area (Å²) in [7, 11) is 0. The molecule has 0 aromatic rings. The topological polar surface area (TPSA) is 92.8 Å². The third-order valence-electron chi connectivity index (χ3n) is 0.815. The zero-order valence-corrected chi connectivity index (χ0v) is 5.44. The number of nitrogens with two attached hydrogens (primary N) is 1. The first-order chi connectivity index (χ1) is 4.54. The van der Waals surface area contributed by atoms with Gasteiger partial charge < -0.3 is 10.8 Å². The molecular formula is C5H8N2O3. The summed E-state index contributed by atoms with van der Waals surface area (Å²) < 4.78 is 0. The largest absolute Gasteiger partial charge is 0.481 e. The van der Waals surface area contributed by atoms with Gasteiger partial charge in [-0.1, -0.05) is 0 Å². The van der Waals surface area contributed by atoms with Crippen LogP contribution in [0.3, 0.4) is 0 Å². The van der Waals surface area contributed by atoms with Crippen LogP contribution in [0.15, 0.2) is 4.99 Å². The van der Waals surface area contributed by atoms with E-state index in [0.29, 0.717) is 0 Å². The number of carbonyl (C=O) groups excluding carboxylic acids is 1. The Hall–Kier alpha value is -1.39. The van der Waals surface area contributed by atoms with Crippen LogP contribution in [0.2, 0.25) is 0 Å². The number of nitrogens with zero attached hydrogens (tertiary/aromatic N) is 1. The molecule has 0 spiro atoms. The molecule has 3 N–H and O–H groups in total. The van der Waals surface area contributed by atoms with Crippen molar-refractivity contribution in [1.29, 1.82) is 0 Å². The fraction of sp³-hybridized carbons (Fsp3) is 0.400. The lowest BCUT2D eigenvalue weighted by atomic mass is 10.2. The average Bonchev–Trinajstić information content (AvgIpc) is 1.82. The van der Waals surface area contributed by atoms with E-state index in [2.05, 4.69) is 10.7 Å². The quantitative estimate of drug-likeness (QED) is 0.528. The van der Waals surface area contributed by atoms with Crippen LogP contribution in [-0.4, -0.2) is 23.3 Å². The summed E-state index contributed by atoms with van der Waals surface area (Å²) in [6.45, 7) is 1.40. The highest BCUT2D eigenvalue weighted by molar-refractivity contribution is 5.93. The number of carbonyl (C=O) groups is 2. The van der Waals surface area contributed by atoms with Gasteiger partial charge in [0.1, 0.15) is 0 Å². The van der Waals surface area contributed by atoms with Gasteiger partial charge in [0, 0.05) is 6.21 Å². The van der Waals surface area contributed by atoms with Crippen molar-refractivity contribution >= 4 is 18.2 Å². The van der Waals surface area contributed by atoms with E-state index in [4.69, 9.17) is 5.11 Å². The summed E-state index contributed by atoms with van der Waals surface area (Å²) in [5, 5.41) is 8.25. The minimum atomic E-state index is -1.04. The molecule has 10 heavy (non-hydrogen) atoms. The van der Waals surface area contributed by atoms with Crippen molar-refractivity contribution in [3.63, 3.8) is 0 Å². The number of primary amides is 1. The highest BCUT2D eigenvalue weighted by atomic mass is 16.4. The maximum absolute atomic E-state index is 10.1. The van der Waals surface area contributed by atoms with Gasteiger partial charge in [-0.2, -0.15) is 0 Å². The Morgan fingerprint density at radius 3 is 2.50 bits per heavy atom. The molecule has 0 heterocycles. The zero-order valence-electron chi connectivity index (χ0n) is 5.44. The molecule has 0 saturated heterocycles. The predicted octanol–water partition coefficient (Wildman–Crippen LogP) is -0.143. The molecule has 1 atom stereocenters. The smallest absolute Gasteiger partial charge is 0.337 e. The summed E-state index contributed by atoms with van der Waals surface area (Å²) in [4.78, 5) is 23.1. The minimum absolute atomic E-state index is 0.771. The van der Waals surface area contributed by atoms with Crippen molar-refractivity contribution in [3.8, 4) is 0 Å². The predicted molar refractivity (Wildman–Crippen MR) is 34.9 cm³/mol. The van der Waals surface area contributed by atoms with Gasteiger partial charge in [-0.15, -0.1) is 0 Å². The van der Waals surface area contributed by atoms with E-state index in [1.807, 2.05) is 0 Å². The number of urea groups is 1. The van der Waals surface area contributed by atoms with E-state index in [9.17, 15) is 9.59 Å². The number of aliphatic imine (C=N–C) groups is 1. The van der Waals surface area contributed by atoms with E-state index in [0.717, 1.165) is 6.21 Å². The molecule has 5 heteroatoms. The van der Waals surface area contributed by atoms with Gasteiger partial charge in [0.25, 0.3) is 0 Å². The number of rotatable bonds is 2. The van der Waals surface area contributed by atoms with Crippen molar-refractivity contribution in [3.05, 3.63) is 0 Å². The highest BCUT2D eigenvalue weighted by Gasteiger charge is 2.06. The molecule has 2 amide bonds. The molecule has 0 aliphatic rings. The van der Waals surface area contributed by atoms with E-state index < -0.39 is 17.9 Å². The van der Waals surface area contributed by atoms with Crippen molar-refractivity contribution in [2.75, 3.05) is 0 Å². The molecule has 0 aliphatic carbocycles. The molecule has 0 aromatic carbocycles. The number of carboxylic acids is 1. The average molecular weight is 144 g/mol. The molecule has 56 valence electrons. The molecule has 0 aliphatic heterocycles. The monoisotopic (exact) mass is 144 g/mol. The van der Waals surface area contributed by atoms with Crippen molar-refractivity contribution in [2.24, 2.45) is 16.6 Å². The first kappa shape index (κ1) is 8.61. The molecule has 5 nitrogen and oxygen atoms in total. The summed E-state index contributed by atoms with van der Waals surface area (Å²) in [5.74, 6) is -1.81. The van der Waals surface area contributed by atoms with Gasteiger partial charge in [0.15, 0.2) is 0 Å². The molecule has 0 bridgehead atoms. The second kappa shape index (κ2) is 3.60. The van der Waals surface area contributed by atoms with Gasteiger partial charge in [-0.3, -0.25) is 4.79 Å². The number of amides is 2. The fourth-order valence-electron chi connectivity index (χ4n) is 0.249. The van der Waals surface area contributed by atoms with Gasteiger partial charge >= 0.3 is 12.0 Å². The van der Waals surface area contributed by atoms with Crippen LogP contribution < -0.4 is 5.73 Å². The van der Waals surface area contributed by atoms with Crippen LogP contribution in [0.1, 0.15) is 6.92 Å². The molecule has 0 rings (SSSR count). The summed E-state index contributed by atoms with van der Waals surface area (Å²) >= 11 is 0. The fourth-order valence-corrected chi connectivity index (χ4v) is 0.249. The van der Waals surface area contributed by atoms with Gasteiger partial charge in [-0.05, 0) is 6.92 Å². The number of carboxylic acid groups (broad SMARTS) is 1.